The Hall–Kier alpha value is -1.30. The molecule has 0 radical (unpaired) electrons. The predicted octanol–water partition coefficient (Wildman–Crippen LogP) is 3.10. The Bertz CT molecular complexity index is 494. The summed E-state index contributed by atoms with van der Waals surface area (Å²) in [7, 11) is 0. The fourth-order valence-corrected chi connectivity index (χ4v) is 3.24. The van der Waals surface area contributed by atoms with Gasteiger partial charge in [0.05, 0.1) is 0 Å². The van der Waals surface area contributed by atoms with E-state index < -0.39 is 0 Å². The van der Waals surface area contributed by atoms with E-state index >= 15 is 0 Å². The van der Waals surface area contributed by atoms with Gasteiger partial charge in [-0.2, -0.15) is 0 Å². The molecule has 0 atom stereocenters. The molecule has 5 nitrogen and oxygen atoms in total. The molecule has 0 saturated heterocycles. The summed E-state index contributed by atoms with van der Waals surface area (Å²) in [5.74, 6) is 0.755. The maximum Gasteiger partial charge on any atom is 0.265 e. The monoisotopic (exact) mass is 310 g/mol. The zero-order chi connectivity index (χ0) is 15.5. The SMILES string of the molecule is CCCC1(CNC(=O)c2sc(NCC(C)C)nc2N)CC1. The van der Waals surface area contributed by atoms with Crippen LogP contribution in [-0.4, -0.2) is 24.0 Å². The zero-order valence-corrected chi connectivity index (χ0v) is 14.0. The van der Waals surface area contributed by atoms with E-state index in [1.807, 2.05) is 0 Å². The average Bonchev–Trinajstić information content (AvgIpc) is 3.09. The van der Waals surface area contributed by atoms with Crippen LogP contribution >= 0.6 is 11.3 Å². The topological polar surface area (TPSA) is 80.0 Å². The summed E-state index contributed by atoms with van der Waals surface area (Å²) in [6.07, 6.45) is 4.80. The number of carbonyl (C=O) groups excluding carboxylic acids is 1. The van der Waals surface area contributed by atoms with Crippen LogP contribution in [0.5, 0.6) is 0 Å². The number of nitrogens with two attached hydrogens (primary N) is 1. The van der Waals surface area contributed by atoms with E-state index in [1.54, 1.807) is 0 Å². The van der Waals surface area contributed by atoms with Gasteiger partial charge in [0.15, 0.2) is 5.13 Å². The molecule has 6 heteroatoms. The molecular weight excluding hydrogens is 284 g/mol. The molecule has 1 amide bonds. The van der Waals surface area contributed by atoms with Crippen LogP contribution in [0.15, 0.2) is 0 Å². The lowest BCUT2D eigenvalue weighted by molar-refractivity contribution is 0.0948. The maximum absolute atomic E-state index is 12.2. The highest BCUT2D eigenvalue weighted by Crippen LogP contribution is 2.49. The van der Waals surface area contributed by atoms with Crippen molar-refractivity contribution in [2.45, 2.75) is 46.5 Å². The second-order valence-corrected chi connectivity index (χ2v) is 7.44. The molecule has 0 aliphatic heterocycles. The molecule has 4 N–H and O–H groups in total. The molecule has 0 aromatic carbocycles. The van der Waals surface area contributed by atoms with Crippen molar-refractivity contribution < 1.29 is 4.79 Å². The summed E-state index contributed by atoms with van der Waals surface area (Å²) in [5.41, 5.74) is 6.21. The molecule has 118 valence electrons. The Balaban J connectivity index is 1.90. The molecule has 1 aromatic rings. The van der Waals surface area contributed by atoms with Crippen LogP contribution in [0, 0.1) is 11.3 Å². The van der Waals surface area contributed by atoms with Gasteiger partial charge in [-0.3, -0.25) is 4.79 Å². The number of amides is 1. The van der Waals surface area contributed by atoms with E-state index in [1.165, 1.54) is 37.0 Å². The molecule has 2 rings (SSSR count). The number of anilines is 2. The summed E-state index contributed by atoms with van der Waals surface area (Å²) < 4.78 is 0. The standard InChI is InChI=1S/C15H26N4OS/c1-4-5-15(6-7-15)9-18-13(20)11-12(16)19-14(21-11)17-8-10(2)3/h10H,4-9,16H2,1-3H3,(H,17,19)(H,18,20). The second kappa shape index (κ2) is 6.64. The Labute approximate surface area is 130 Å². The molecule has 0 unspecified atom stereocenters. The maximum atomic E-state index is 12.2. The van der Waals surface area contributed by atoms with Crippen LogP contribution in [-0.2, 0) is 0 Å². The Morgan fingerprint density at radius 1 is 1.48 bits per heavy atom. The third-order valence-electron chi connectivity index (χ3n) is 3.88. The number of hydrogen-bond donors (Lipinski definition) is 3. The largest absolute Gasteiger partial charge is 0.382 e. The molecule has 0 bridgehead atoms. The van der Waals surface area contributed by atoms with Crippen molar-refractivity contribution in [1.82, 2.24) is 10.3 Å². The van der Waals surface area contributed by atoms with E-state index in [-0.39, 0.29) is 5.91 Å². The average molecular weight is 310 g/mol. The van der Waals surface area contributed by atoms with Crippen LogP contribution in [0.2, 0.25) is 0 Å². The summed E-state index contributed by atoms with van der Waals surface area (Å²) in [6, 6.07) is 0. The minimum atomic E-state index is -0.0926. The molecular formula is C15H26N4OS. The molecule has 1 aliphatic carbocycles. The first-order valence-electron chi connectivity index (χ1n) is 7.74. The van der Waals surface area contributed by atoms with Gasteiger partial charge in [0.2, 0.25) is 0 Å². The van der Waals surface area contributed by atoms with Gasteiger partial charge < -0.3 is 16.4 Å². The first kappa shape index (κ1) is 16.1. The van der Waals surface area contributed by atoms with E-state index in [4.69, 9.17) is 5.73 Å². The number of nitrogen functional groups attached to an aromatic ring is 1. The van der Waals surface area contributed by atoms with Crippen molar-refractivity contribution in [3.05, 3.63) is 4.88 Å². The van der Waals surface area contributed by atoms with Gasteiger partial charge in [-0.05, 0) is 30.6 Å². The smallest absolute Gasteiger partial charge is 0.265 e. The van der Waals surface area contributed by atoms with E-state index in [9.17, 15) is 4.79 Å². The molecule has 0 spiro atoms. The highest BCUT2D eigenvalue weighted by molar-refractivity contribution is 7.18. The third kappa shape index (κ3) is 4.33. The lowest BCUT2D eigenvalue weighted by Gasteiger charge is -2.14. The predicted molar refractivity (Wildman–Crippen MR) is 88.8 cm³/mol. The molecule has 21 heavy (non-hydrogen) atoms. The fraction of sp³-hybridized carbons (Fsp3) is 0.733. The van der Waals surface area contributed by atoms with Crippen molar-refractivity contribution in [1.29, 1.82) is 0 Å². The van der Waals surface area contributed by atoms with Crippen molar-refractivity contribution in [3.8, 4) is 0 Å². The normalized spacial score (nSPS) is 16.0. The van der Waals surface area contributed by atoms with Crippen molar-refractivity contribution in [2.24, 2.45) is 11.3 Å². The Kier molecular flexibility index (Phi) is 5.08. The fourth-order valence-electron chi connectivity index (χ4n) is 2.43. The van der Waals surface area contributed by atoms with Crippen LogP contribution in [0.4, 0.5) is 10.9 Å². The summed E-state index contributed by atoms with van der Waals surface area (Å²) >= 11 is 1.33. The van der Waals surface area contributed by atoms with E-state index in [0.29, 0.717) is 22.0 Å². The Morgan fingerprint density at radius 2 is 2.19 bits per heavy atom. The lowest BCUT2D eigenvalue weighted by Crippen LogP contribution is -2.30. The minimum absolute atomic E-state index is 0.0926. The van der Waals surface area contributed by atoms with Gasteiger partial charge in [0, 0.05) is 13.1 Å². The van der Waals surface area contributed by atoms with Crippen LogP contribution in [0.25, 0.3) is 0 Å². The molecule has 1 aromatic heterocycles. The molecule has 1 saturated carbocycles. The van der Waals surface area contributed by atoms with Crippen molar-refractivity contribution >= 4 is 28.2 Å². The van der Waals surface area contributed by atoms with Gasteiger partial charge in [0.25, 0.3) is 5.91 Å². The summed E-state index contributed by atoms with van der Waals surface area (Å²) in [6.45, 7) is 8.02. The number of aromatic nitrogens is 1. The number of thiazole rings is 1. The highest BCUT2D eigenvalue weighted by Gasteiger charge is 2.41. The van der Waals surface area contributed by atoms with Gasteiger partial charge in [0.1, 0.15) is 10.7 Å². The van der Waals surface area contributed by atoms with E-state index in [2.05, 4.69) is 36.4 Å². The Morgan fingerprint density at radius 3 is 2.76 bits per heavy atom. The zero-order valence-electron chi connectivity index (χ0n) is 13.2. The van der Waals surface area contributed by atoms with Crippen LogP contribution in [0.1, 0.15) is 56.1 Å². The number of hydrogen-bond acceptors (Lipinski definition) is 5. The molecule has 1 aliphatic rings. The first-order valence-corrected chi connectivity index (χ1v) is 8.56. The quantitative estimate of drug-likeness (QED) is 0.689. The van der Waals surface area contributed by atoms with Crippen molar-refractivity contribution in [3.63, 3.8) is 0 Å². The van der Waals surface area contributed by atoms with Gasteiger partial charge in [-0.1, -0.05) is 38.5 Å². The summed E-state index contributed by atoms with van der Waals surface area (Å²) in [4.78, 5) is 17.0. The summed E-state index contributed by atoms with van der Waals surface area (Å²) in [5, 5.41) is 6.97. The number of nitrogens with zero attached hydrogens (tertiary/aromatic N) is 1. The third-order valence-corrected chi connectivity index (χ3v) is 4.91. The van der Waals surface area contributed by atoms with Crippen LogP contribution in [0.3, 0.4) is 0 Å². The van der Waals surface area contributed by atoms with Gasteiger partial charge in [-0.25, -0.2) is 4.98 Å². The number of nitrogens with one attached hydrogen (secondary N) is 2. The second-order valence-electron chi connectivity index (χ2n) is 6.44. The van der Waals surface area contributed by atoms with Crippen LogP contribution < -0.4 is 16.4 Å². The highest BCUT2D eigenvalue weighted by atomic mass is 32.1. The molecule has 1 heterocycles. The van der Waals surface area contributed by atoms with E-state index in [0.717, 1.165) is 18.2 Å². The minimum Gasteiger partial charge on any atom is -0.382 e. The number of carbonyl (C=O) groups is 1. The van der Waals surface area contributed by atoms with Gasteiger partial charge in [-0.15, -0.1) is 0 Å². The first-order chi connectivity index (χ1) is 9.96. The molecule has 1 fully saturated rings. The van der Waals surface area contributed by atoms with Crippen molar-refractivity contribution in [2.75, 3.05) is 24.1 Å². The number of rotatable bonds is 8. The lowest BCUT2D eigenvalue weighted by atomic mass is 10.0. The van der Waals surface area contributed by atoms with Gasteiger partial charge >= 0.3 is 0 Å².